The molecule has 86 valence electrons. The first-order valence-electron chi connectivity index (χ1n) is 5.79. The lowest BCUT2D eigenvalue weighted by Gasteiger charge is -1.98. The molecule has 1 aromatic heterocycles. The highest BCUT2D eigenvalue weighted by Crippen LogP contribution is 2.22. The summed E-state index contributed by atoms with van der Waals surface area (Å²) in [5, 5.41) is 4.52. The van der Waals surface area contributed by atoms with Crippen molar-refractivity contribution in [3.05, 3.63) is 15.6 Å². The Morgan fingerprint density at radius 2 is 2.13 bits per heavy atom. The highest BCUT2D eigenvalue weighted by Gasteiger charge is 2.10. The number of nitrogens with zero attached hydrogens (tertiary/aromatic N) is 1. The molecule has 0 unspecified atom stereocenters. The molecule has 1 heterocycles. The van der Waals surface area contributed by atoms with Gasteiger partial charge in [-0.1, -0.05) is 27.2 Å². The number of aryl methyl sites for hydroxylation is 1. The van der Waals surface area contributed by atoms with Gasteiger partial charge >= 0.3 is 0 Å². The SMILES string of the molecule is CCCc1nc(CC(C)C)sc1CNC. The summed E-state index contributed by atoms with van der Waals surface area (Å²) in [5.41, 5.74) is 1.31. The number of hydrogen-bond acceptors (Lipinski definition) is 3. The molecule has 0 amide bonds. The minimum Gasteiger partial charge on any atom is -0.315 e. The van der Waals surface area contributed by atoms with Gasteiger partial charge in [0.1, 0.15) is 0 Å². The summed E-state index contributed by atoms with van der Waals surface area (Å²) in [6, 6.07) is 0. The molecule has 0 aliphatic rings. The van der Waals surface area contributed by atoms with Crippen LogP contribution in [0.15, 0.2) is 0 Å². The second-order valence-electron chi connectivity index (χ2n) is 4.36. The van der Waals surface area contributed by atoms with Crippen molar-refractivity contribution in [2.75, 3.05) is 7.05 Å². The van der Waals surface area contributed by atoms with Crippen LogP contribution in [0.2, 0.25) is 0 Å². The first-order valence-corrected chi connectivity index (χ1v) is 6.61. The van der Waals surface area contributed by atoms with E-state index in [9.17, 15) is 0 Å². The van der Waals surface area contributed by atoms with E-state index in [1.54, 1.807) is 0 Å². The third-order valence-electron chi connectivity index (χ3n) is 2.23. The Hall–Kier alpha value is -0.410. The summed E-state index contributed by atoms with van der Waals surface area (Å²) in [7, 11) is 2.00. The van der Waals surface area contributed by atoms with E-state index in [2.05, 4.69) is 26.1 Å². The Kier molecular flexibility index (Phi) is 5.26. The van der Waals surface area contributed by atoms with Crippen molar-refractivity contribution in [2.45, 2.75) is 46.6 Å². The number of rotatable bonds is 6. The zero-order chi connectivity index (χ0) is 11.3. The van der Waals surface area contributed by atoms with Crippen LogP contribution < -0.4 is 5.32 Å². The third-order valence-corrected chi connectivity index (χ3v) is 3.35. The zero-order valence-corrected chi connectivity index (χ0v) is 11.1. The molecule has 0 atom stereocenters. The lowest BCUT2D eigenvalue weighted by atomic mass is 10.1. The molecule has 0 saturated carbocycles. The molecule has 0 bridgehead atoms. The fraction of sp³-hybridized carbons (Fsp3) is 0.750. The van der Waals surface area contributed by atoms with Crippen LogP contribution in [0.1, 0.15) is 42.8 Å². The maximum atomic E-state index is 4.74. The maximum absolute atomic E-state index is 4.74. The van der Waals surface area contributed by atoms with Crippen molar-refractivity contribution in [2.24, 2.45) is 5.92 Å². The van der Waals surface area contributed by atoms with Crippen molar-refractivity contribution in [3.8, 4) is 0 Å². The Morgan fingerprint density at radius 1 is 1.40 bits per heavy atom. The molecule has 1 aromatic rings. The van der Waals surface area contributed by atoms with E-state index in [0.717, 1.165) is 19.4 Å². The van der Waals surface area contributed by atoms with Crippen LogP contribution >= 0.6 is 11.3 Å². The lowest BCUT2D eigenvalue weighted by Crippen LogP contribution is -2.05. The number of hydrogen-bond donors (Lipinski definition) is 1. The molecule has 0 saturated heterocycles. The zero-order valence-electron chi connectivity index (χ0n) is 10.3. The largest absolute Gasteiger partial charge is 0.315 e. The average Bonchev–Trinajstić information content (AvgIpc) is 2.48. The van der Waals surface area contributed by atoms with Gasteiger partial charge in [-0.25, -0.2) is 4.98 Å². The van der Waals surface area contributed by atoms with E-state index in [1.807, 2.05) is 18.4 Å². The Balaban J connectivity index is 2.77. The second kappa shape index (κ2) is 6.23. The Bertz CT molecular complexity index is 268. The molecule has 15 heavy (non-hydrogen) atoms. The van der Waals surface area contributed by atoms with Gasteiger partial charge < -0.3 is 5.32 Å². The normalized spacial score (nSPS) is 11.3. The van der Waals surface area contributed by atoms with Crippen LogP contribution in [0.4, 0.5) is 0 Å². The topological polar surface area (TPSA) is 24.9 Å². The quantitative estimate of drug-likeness (QED) is 0.806. The smallest absolute Gasteiger partial charge is 0.0934 e. The minimum atomic E-state index is 0.702. The van der Waals surface area contributed by atoms with Gasteiger partial charge in [0.25, 0.3) is 0 Å². The highest BCUT2D eigenvalue weighted by molar-refractivity contribution is 7.11. The molecule has 0 spiro atoms. The highest BCUT2D eigenvalue weighted by atomic mass is 32.1. The van der Waals surface area contributed by atoms with E-state index in [4.69, 9.17) is 4.98 Å². The van der Waals surface area contributed by atoms with Crippen LogP contribution in [-0.4, -0.2) is 12.0 Å². The van der Waals surface area contributed by atoms with E-state index in [-0.39, 0.29) is 0 Å². The van der Waals surface area contributed by atoms with E-state index in [0.29, 0.717) is 5.92 Å². The summed E-state index contributed by atoms with van der Waals surface area (Å²) in [4.78, 5) is 6.16. The summed E-state index contributed by atoms with van der Waals surface area (Å²) in [5.74, 6) is 0.702. The lowest BCUT2D eigenvalue weighted by molar-refractivity contribution is 0.642. The van der Waals surface area contributed by atoms with Gasteiger partial charge in [0.05, 0.1) is 10.7 Å². The van der Waals surface area contributed by atoms with Crippen LogP contribution in [0.25, 0.3) is 0 Å². The van der Waals surface area contributed by atoms with Gasteiger partial charge in [0.15, 0.2) is 0 Å². The van der Waals surface area contributed by atoms with Gasteiger partial charge in [0, 0.05) is 17.8 Å². The molecule has 0 radical (unpaired) electrons. The van der Waals surface area contributed by atoms with Crippen molar-refractivity contribution in [3.63, 3.8) is 0 Å². The van der Waals surface area contributed by atoms with Crippen molar-refractivity contribution in [1.82, 2.24) is 10.3 Å². The van der Waals surface area contributed by atoms with E-state index < -0.39 is 0 Å². The molecular weight excluding hydrogens is 204 g/mol. The van der Waals surface area contributed by atoms with Crippen LogP contribution in [-0.2, 0) is 19.4 Å². The Morgan fingerprint density at radius 3 is 2.67 bits per heavy atom. The minimum absolute atomic E-state index is 0.702. The summed E-state index contributed by atoms with van der Waals surface area (Å²) in [6.45, 7) is 7.67. The first-order chi connectivity index (χ1) is 7.17. The molecule has 1 rings (SSSR count). The fourth-order valence-corrected chi connectivity index (χ4v) is 2.94. The molecule has 0 aromatic carbocycles. The number of thiazole rings is 1. The molecule has 0 aliphatic carbocycles. The van der Waals surface area contributed by atoms with Crippen molar-refractivity contribution < 1.29 is 0 Å². The van der Waals surface area contributed by atoms with E-state index in [1.165, 1.54) is 22.0 Å². The monoisotopic (exact) mass is 226 g/mol. The first kappa shape index (κ1) is 12.7. The molecule has 1 N–H and O–H groups in total. The summed E-state index contributed by atoms with van der Waals surface area (Å²) >= 11 is 1.88. The summed E-state index contributed by atoms with van der Waals surface area (Å²) < 4.78 is 0. The van der Waals surface area contributed by atoms with E-state index >= 15 is 0 Å². The fourth-order valence-electron chi connectivity index (χ4n) is 1.60. The molecule has 2 nitrogen and oxygen atoms in total. The van der Waals surface area contributed by atoms with Gasteiger partial charge in [-0.05, 0) is 19.4 Å². The molecular formula is C12H22N2S. The van der Waals surface area contributed by atoms with Crippen LogP contribution in [0.5, 0.6) is 0 Å². The third kappa shape index (κ3) is 3.92. The summed E-state index contributed by atoms with van der Waals surface area (Å²) in [6.07, 6.45) is 3.41. The van der Waals surface area contributed by atoms with Gasteiger partial charge in [-0.3, -0.25) is 0 Å². The predicted octanol–water partition coefficient (Wildman–Crippen LogP) is 3.01. The second-order valence-corrected chi connectivity index (χ2v) is 5.52. The molecule has 0 fully saturated rings. The number of nitrogens with one attached hydrogen (secondary N) is 1. The van der Waals surface area contributed by atoms with Gasteiger partial charge in [-0.2, -0.15) is 0 Å². The van der Waals surface area contributed by atoms with Crippen LogP contribution in [0.3, 0.4) is 0 Å². The molecule has 0 aliphatic heterocycles. The van der Waals surface area contributed by atoms with Crippen LogP contribution in [0, 0.1) is 5.92 Å². The average molecular weight is 226 g/mol. The standard InChI is InChI=1S/C12H22N2S/c1-5-6-10-11(8-13-4)15-12(14-10)7-9(2)3/h9,13H,5-8H2,1-4H3. The number of aromatic nitrogens is 1. The maximum Gasteiger partial charge on any atom is 0.0934 e. The van der Waals surface area contributed by atoms with Gasteiger partial charge in [-0.15, -0.1) is 11.3 Å². The predicted molar refractivity (Wildman–Crippen MR) is 67.4 cm³/mol. The Labute approximate surface area is 97.1 Å². The van der Waals surface area contributed by atoms with Crippen molar-refractivity contribution in [1.29, 1.82) is 0 Å². The van der Waals surface area contributed by atoms with Gasteiger partial charge in [0.2, 0.25) is 0 Å². The molecule has 3 heteroatoms. The van der Waals surface area contributed by atoms with Crippen molar-refractivity contribution >= 4 is 11.3 Å².